The predicted molar refractivity (Wildman–Crippen MR) is 77.8 cm³/mol. The van der Waals surface area contributed by atoms with Crippen molar-refractivity contribution >= 4 is 17.7 Å². The number of thioether (sulfide) groups is 1. The van der Waals surface area contributed by atoms with Crippen molar-refractivity contribution in [2.45, 2.75) is 50.4 Å². The Labute approximate surface area is 122 Å². The first-order valence-corrected chi connectivity index (χ1v) is 8.13. The lowest BCUT2D eigenvalue weighted by molar-refractivity contribution is -0.125. The molecule has 1 aromatic heterocycles. The molecular weight excluding hydrogens is 274 g/mol. The van der Waals surface area contributed by atoms with Crippen LogP contribution in [0.4, 0.5) is 0 Å². The zero-order valence-corrected chi connectivity index (χ0v) is 12.4. The molecule has 0 bridgehead atoms. The highest BCUT2D eigenvalue weighted by molar-refractivity contribution is 7.99. The van der Waals surface area contributed by atoms with E-state index >= 15 is 0 Å². The van der Waals surface area contributed by atoms with Crippen LogP contribution in [0.2, 0.25) is 0 Å². The average molecular weight is 293 g/mol. The summed E-state index contributed by atoms with van der Waals surface area (Å²) in [4.78, 5) is 28.7. The fraction of sp³-hybridized carbons (Fsp3) is 0.643. The van der Waals surface area contributed by atoms with Crippen LogP contribution in [0.15, 0.2) is 16.1 Å². The molecule has 0 spiro atoms. The van der Waals surface area contributed by atoms with Gasteiger partial charge in [0.25, 0.3) is 5.56 Å². The number of nitrogens with one attached hydrogen (secondary N) is 1. The second-order valence-corrected chi connectivity index (χ2v) is 6.62. The molecular formula is C14H19N3O2S. The Hall–Kier alpha value is -1.30. The molecule has 1 N–H and O–H groups in total. The van der Waals surface area contributed by atoms with Crippen LogP contribution in [-0.2, 0) is 11.3 Å². The number of hydrogen-bond acceptors (Lipinski definition) is 4. The molecule has 1 aromatic rings. The largest absolute Gasteiger partial charge is 0.353 e. The molecule has 1 amide bonds. The lowest BCUT2D eigenvalue weighted by atomic mass is 10.1. The van der Waals surface area contributed by atoms with Crippen molar-refractivity contribution in [3.8, 4) is 0 Å². The highest BCUT2D eigenvalue weighted by atomic mass is 32.2. The SMILES string of the molecule is Cc1cnc2n(c1=O)CC(C(=O)NC1CCCC1)CS2. The van der Waals surface area contributed by atoms with Gasteiger partial charge in [0.15, 0.2) is 5.16 Å². The zero-order valence-electron chi connectivity index (χ0n) is 11.6. The third-order valence-electron chi connectivity index (χ3n) is 4.07. The summed E-state index contributed by atoms with van der Waals surface area (Å²) in [7, 11) is 0. The van der Waals surface area contributed by atoms with Gasteiger partial charge < -0.3 is 5.32 Å². The summed E-state index contributed by atoms with van der Waals surface area (Å²) in [5.41, 5.74) is 0.604. The van der Waals surface area contributed by atoms with E-state index in [1.165, 1.54) is 24.6 Å². The maximum Gasteiger partial charge on any atom is 0.257 e. The van der Waals surface area contributed by atoms with E-state index in [0.717, 1.165) is 18.0 Å². The maximum absolute atomic E-state index is 12.3. The minimum atomic E-state index is -0.130. The third-order valence-corrected chi connectivity index (χ3v) is 5.22. The Morgan fingerprint density at radius 2 is 2.20 bits per heavy atom. The summed E-state index contributed by atoms with van der Waals surface area (Å²) in [5, 5.41) is 3.85. The van der Waals surface area contributed by atoms with Crippen LogP contribution in [-0.4, -0.2) is 27.3 Å². The number of nitrogens with zero attached hydrogens (tertiary/aromatic N) is 2. The Morgan fingerprint density at radius 3 is 2.95 bits per heavy atom. The molecule has 2 heterocycles. The molecule has 6 heteroatoms. The third kappa shape index (κ3) is 2.61. The van der Waals surface area contributed by atoms with Crippen molar-refractivity contribution in [2.24, 2.45) is 5.92 Å². The Kier molecular flexibility index (Phi) is 3.83. The summed E-state index contributed by atoms with van der Waals surface area (Å²) >= 11 is 1.50. The second-order valence-electron chi connectivity index (χ2n) is 5.64. The van der Waals surface area contributed by atoms with Gasteiger partial charge >= 0.3 is 0 Å². The molecule has 0 aromatic carbocycles. The summed E-state index contributed by atoms with van der Waals surface area (Å²) in [6.07, 6.45) is 6.19. The van der Waals surface area contributed by atoms with Gasteiger partial charge in [0.05, 0.1) is 5.92 Å². The molecule has 1 aliphatic carbocycles. The maximum atomic E-state index is 12.3. The molecule has 1 unspecified atom stereocenters. The Bertz CT molecular complexity index is 578. The lowest BCUT2D eigenvalue weighted by Gasteiger charge is -2.25. The van der Waals surface area contributed by atoms with Crippen LogP contribution >= 0.6 is 11.8 Å². The number of fused-ring (bicyclic) bond motifs is 1. The number of aryl methyl sites for hydroxylation is 1. The molecule has 5 nitrogen and oxygen atoms in total. The summed E-state index contributed by atoms with van der Waals surface area (Å²) < 4.78 is 1.64. The number of carbonyl (C=O) groups excluding carboxylic acids is 1. The molecule has 20 heavy (non-hydrogen) atoms. The summed E-state index contributed by atoms with van der Waals surface area (Å²) in [6, 6.07) is 0.334. The van der Waals surface area contributed by atoms with Gasteiger partial charge in [-0.05, 0) is 19.8 Å². The van der Waals surface area contributed by atoms with E-state index in [1.807, 2.05) is 0 Å². The normalized spacial score (nSPS) is 22.6. The fourth-order valence-electron chi connectivity index (χ4n) is 2.85. The van der Waals surface area contributed by atoms with Gasteiger partial charge in [0, 0.05) is 30.1 Å². The molecule has 1 aliphatic heterocycles. The molecule has 1 fully saturated rings. The van der Waals surface area contributed by atoms with Crippen LogP contribution < -0.4 is 10.9 Å². The number of carbonyl (C=O) groups is 1. The Morgan fingerprint density at radius 1 is 1.45 bits per heavy atom. The van der Waals surface area contributed by atoms with E-state index in [4.69, 9.17) is 0 Å². The molecule has 3 rings (SSSR count). The number of amides is 1. The van der Waals surface area contributed by atoms with Gasteiger partial charge in [-0.25, -0.2) is 4.98 Å². The average Bonchev–Trinajstić information content (AvgIpc) is 2.95. The van der Waals surface area contributed by atoms with Gasteiger partial charge in [-0.1, -0.05) is 24.6 Å². The zero-order chi connectivity index (χ0) is 14.1. The topological polar surface area (TPSA) is 64.0 Å². The van der Waals surface area contributed by atoms with E-state index in [-0.39, 0.29) is 17.4 Å². The van der Waals surface area contributed by atoms with Crippen LogP contribution in [0.1, 0.15) is 31.2 Å². The van der Waals surface area contributed by atoms with E-state index < -0.39 is 0 Å². The van der Waals surface area contributed by atoms with Gasteiger partial charge in [0.2, 0.25) is 5.91 Å². The monoisotopic (exact) mass is 293 g/mol. The lowest BCUT2D eigenvalue weighted by Crippen LogP contribution is -2.43. The minimum absolute atomic E-state index is 0.0270. The van der Waals surface area contributed by atoms with Crippen molar-refractivity contribution in [1.82, 2.24) is 14.9 Å². The molecule has 0 saturated heterocycles. The number of aromatic nitrogens is 2. The van der Waals surface area contributed by atoms with Gasteiger partial charge in [-0.3, -0.25) is 14.2 Å². The van der Waals surface area contributed by atoms with E-state index in [1.54, 1.807) is 17.7 Å². The summed E-state index contributed by atoms with van der Waals surface area (Å²) in [6.45, 7) is 2.21. The van der Waals surface area contributed by atoms with Gasteiger partial charge in [-0.15, -0.1) is 0 Å². The number of hydrogen-bond donors (Lipinski definition) is 1. The van der Waals surface area contributed by atoms with Crippen molar-refractivity contribution in [1.29, 1.82) is 0 Å². The molecule has 108 valence electrons. The van der Waals surface area contributed by atoms with E-state index in [0.29, 0.717) is 23.9 Å². The second kappa shape index (κ2) is 5.60. The quantitative estimate of drug-likeness (QED) is 0.836. The van der Waals surface area contributed by atoms with Crippen LogP contribution in [0.25, 0.3) is 0 Å². The van der Waals surface area contributed by atoms with Crippen molar-refractivity contribution in [3.63, 3.8) is 0 Å². The van der Waals surface area contributed by atoms with E-state index in [9.17, 15) is 9.59 Å². The van der Waals surface area contributed by atoms with Crippen LogP contribution in [0.5, 0.6) is 0 Å². The van der Waals surface area contributed by atoms with Gasteiger partial charge in [-0.2, -0.15) is 0 Å². The molecule has 1 saturated carbocycles. The standard InChI is InChI=1S/C14H19N3O2S/c1-9-6-15-14-17(13(9)19)7-10(8-20-14)12(18)16-11-4-2-3-5-11/h6,10-11H,2-5,7-8H2,1H3,(H,16,18). The van der Waals surface area contributed by atoms with Crippen LogP contribution in [0, 0.1) is 12.8 Å². The van der Waals surface area contributed by atoms with Crippen LogP contribution in [0.3, 0.4) is 0 Å². The molecule has 1 atom stereocenters. The van der Waals surface area contributed by atoms with Crippen molar-refractivity contribution in [2.75, 3.05) is 5.75 Å². The highest BCUT2D eigenvalue weighted by Crippen LogP contribution is 2.26. The number of rotatable bonds is 2. The molecule has 0 radical (unpaired) electrons. The minimum Gasteiger partial charge on any atom is -0.353 e. The predicted octanol–water partition coefficient (Wildman–Crippen LogP) is 1.33. The first-order chi connectivity index (χ1) is 9.65. The smallest absolute Gasteiger partial charge is 0.257 e. The summed E-state index contributed by atoms with van der Waals surface area (Å²) in [5.74, 6) is 0.659. The highest BCUT2D eigenvalue weighted by Gasteiger charge is 2.28. The van der Waals surface area contributed by atoms with E-state index in [2.05, 4.69) is 10.3 Å². The van der Waals surface area contributed by atoms with Gasteiger partial charge in [0.1, 0.15) is 0 Å². The molecule has 2 aliphatic rings. The fourth-order valence-corrected chi connectivity index (χ4v) is 3.90. The van der Waals surface area contributed by atoms with Crippen molar-refractivity contribution < 1.29 is 4.79 Å². The first kappa shape index (κ1) is 13.7. The Balaban J connectivity index is 1.72. The first-order valence-electron chi connectivity index (χ1n) is 7.15. The van der Waals surface area contributed by atoms with Crippen molar-refractivity contribution in [3.05, 3.63) is 22.1 Å².